The third-order valence-electron chi connectivity index (χ3n) is 5.44. The molecule has 1 amide bonds. The van der Waals surface area contributed by atoms with Crippen LogP contribution < -0.4 is 24.8 Å². The fourth-order valence-electron chi connectivity index (χ4n) is 3.62. The Morgan fingerprint density at radius 2 is 1.81 bits per heavy atom. The van der Waals surface area contributed by atoms with Gasteiger partial charge in [0.15, 0.2) is 17.6 Å². The molecule has 1 heterocycles. The Morgan fingerprint density at radius 1 is 1.06 bits per heavy atom. The largest absolute Gasteiger partial charge is 0.490 e. The Balaban J connectivity index is 1.45. The van der Waals surface area contributed by atoms with Gasteiger partial charge in [-0.2, -0.15) is 0 Å². The highest BCUT2D eigenvalue weighted by molar-refractivity contribution is 6.38. The molecule has 0 aromatic heterocycles. The zero-order chi connectivity index (χ0) is 25.5. The standard InChI is InChI=1S/C27H27N3O6/c1-2-33-27(32)26(31)30(15-18-6-4-3-5-7-18)20-10-13-23-24(14-20)35-17-22(36-23)16-34-21-11-8-19(9-12-21)25(28)29/h3-14,22H,2,15-17H2,1H3,(H3,28,29). The molecule has 1 aliphatic heterocycles. The number of hydrogen-bond acceptors (Lipinski definition) is 7. The van der Waals surface area contributed by atoms with Crippen molar-refractivity contribution in [1.82, 2.24) is 0 Å². The van der Waals surface area contributed by atoms with Gasteiger partial charge in [-0.3, -0.25) is 15.1 Å². The molecule has 0 saturated carbocycles. The second-order valence-electron chi connectivity index (χ2n) is 8.03. The number of carbonyl (C=O) groups is 2. The summed E-state index contributed by atoms with van der Waals surface area (Å²) in [5.41, 5.74) is 7.44. The average molecular weight is 490 g/mol. The zero-order valence-electron chi connectivity index (χ0n) is 19.8. The van der Waals surface area contributed by atoms with Gasteiger partial charge in [0.25, 0.3) is 0 Å². The molecule has 1 unspecified atom stereocenters. The summed E-state index contributed by atoms with van der Waals surface area (Å²) in [5.74, 6) is -0.0963. The SMILES string of the molecule is CCOC(=O)C(=O)N(Cc1ccccc1)c1ccc2c(c1)OCC(COc1ccc(C(=N)N)cc1)O2. The summed E-state index contributed by atoms with van der Waals surface area (Å²) in [6.07, 6.45) is -0.350. The lowest BCUT2D eigenvalue weighted by molar-refractivity contribution is -0.153. The summed E-state index contributed by atoms with van der Waals surface area (Å²) in [7, 11) is 0. The van der Waals surface area contributed by atoms with E-state index in [0.29, 0.717) is 28.5 Å². The first-order valence-corrected chi connectivity index (χ1v) is 11.5. The van der Waals surface area contributed by atoms with Crippen LogP contribution in [0.3, 0.4) is 0 Å². The number of ether oxygens (including phenoxy) is 4. The molecule has 1 aliphatic rings. The minimum atomic E-state index is -0.920. The summed E-state index contributed by atoms with van der Waals surface area (Å²) in [6.45, 7) is 2.44. The summed E-state index contributed by atoms with van der Waals surface area (Å²) >= 11 is 0. The predicted molar refractivity (Wildman–Crippen MR) is 134 cm³/mol. The van der Waals surface area contributed by atoms with E-state index < -0.39 is 11.9 Å². The summed E-state index contributed by atoms with van der Waals surface area (Å²) in [5, 5.41) is 7.45. The van der Waals surface area contributed by atoms with Crippen molar-refractivity contribution in [1.29, 1.82) is 5.41 Å². The van der Waals surface area contributed by atoms with Crippen molar-refractivity contribution < 1.29 is 28.5 Å². The first-order valence-electron chi connectivity index (χ1n) is 11.5. The van der Waals surface area contributed by atoms with Crippen LogP contribution >= 0.6 is 0 Å². The molecular weight excluding hydrogens is 462 g/mol. The van der Waals surface area contributed by atoms with Crippen LogP contribution in [0.2, 0.25) is 0 Å². The van der Waals surface area contributed by atoms with E-state index in [4.69, 9.17) is 30.1 Å². The van der Waals surface area contributed by atoms with Crippen molar-refractivity contribution in [2.24, 2.45) is 5.73 Å². The molecule has 0 saturated heterocycles. The normalized spacial score (nSPS) is 14.0. The molecule has 0 radical (unpaired) electrons. The highest BCUT2D eigenvalue weighted by atomic mass is 16.6. The number of nitrogens with zero attached hydrogens (tertiary/aromatic N) is 1. The van der Waals surface area contributed by atoms with Gasteiger partial charge in [-0.15, -0.1) is 0 Å². The Hall–Kier alpha value is -4.53. The fraction of sp³-hybridized carbons (Fsp3) is 0.222. The van der Waals surface area contributed by atoms with Crippen molar-refractivity contribution in [3.8, 4) is 17.2 Å². The maximum Gasteiger partial charge on any atom is 0.397 e. The number of benzene rings is 3. The van der Waals surface area contributed by atoms with E-state index >= 15 is 0 Å². The topological polar surface area (TPSA) is 124 Å². The molecule has 0 bridgehead atoms. The van der Waals surface area contributed by atoms with Gasteiger partial charge in [0, 0.05) is 17.3 Å². The van der Waals surface area contributed by atoms with Crippen molar-refractivity contribution in [2.45, 2.75) is 19.6 Å². The van der Waals surface area contributed by atoms with Crippen LogP contribution in [0, 0.1) is 5.41 Å². The Kier molecular flexibility index (Phi) is 7.69. The third kappa shape index (κ3) is 5.93. The number of anilines is 1. The number of esters is 1. The smallest absolute Gasteiger partial charge is 0.397 e. The molecule has 3 N–H and O–H groups in total. The van der Waals surface area contributed by atoms with Crippen LogP contribution in [-0.2, 0) is 20.9 Å². The first-order chi connectivity index (χ1) is 17.4. The van der Waals surface area contributed by atoms with Crippen LogP contribution in [-0.4, -0.2) is 43.6 Å². The van der Waals surface area contributed by atoms with Gasteiger partial charge in [0.05, 0.1) is 13.2 Å². The molecule has 4 rings (SSSR count). The van der Waals surface area contributed by atoms with E-state index in [0.717, 1.165) is 5.56 Å². The number of nitrogens with two attached hydrogens (primary N) is 1. The summed E-state index contributed by atoms with van der Waals surface area (Å²) in [4.78, 5) is 26.5. The van der Waals surface area contributed by atoms with E-state index in [1.54, 1.807) is 49.4 Å². The molecule has 0 spiro atoms. The highest BCUT2D eigenvalue weighted by Crippen LogP contribution is 2.36. The van der Waals surface area contributed by atoms with Crippen LogP contribution in [0.5, 0.6) is 17.2 Å². The van der Waals surface area contributed by atoms with Crippen LogP contribution in [0.1, 0.15) is 18.1 Å². The lowest BCUT2D eigenvalue weighted by Crippen LogP contribution is -2.38. The van der Waals surface area contributed by atoms with E-state index in [9.17, 15) is 9.59 Å². The van der Waals surface area contributed by atoms with E-state index in [1.807, 2.05) is 30.3 Å². The number of nitrogen functional groups attached to an aromatic ring is 1. The number of fused-ring (bicyclic) bond motifs is 1. The monoisotopic (exact) mass is 489 g/mol. The number of hydrogen-bond donors (Lipinski definition) is 2. The molecule has 3 aromatic rings. The number of amides is 1. The minimum Gasteiger partial charge on any atom is -0.490 e. The highest BCUT2D eigenvalue weighted by Gasteiger charge is 2.28. The predicted octanol–water partition coefficient (Wildman–Crippen LogP) is 3.29. The number of nitrogens with one attached hydrogen (secondary N) is 1. The van der Waals surface area contributed by atoms with Gasteiger partial charge < -0.3 is 24.7 Å². The Labute approximate surface area is 208 Å². The molecule has 0 fully saturated rings. The van der Waals surface area contributed by atoms with Gasteiger partial charge in [-0.1, -0.05) is 30.3 Å². The van der Waals surface area contributed by atoms with E-state index in [2.05, 4.69) is 0 Å². The van der Waals surface area contributed by atoms with E-state index in [-0.39, 0.29) is 38.3 Å². The van der Waals surface area contributed by atoms with Gasteiger partial charge in [-0.25, -0.2) is 4.79 Å². The quantitative estimate of drug-likeness (QED) is 0.215. The van der Waals surface area contributed by atoms with Crippen molar-refractivity contribution in [2.75, 3.05) is 24.7 Å². The molecule has 9 heteroatoms. The maximum absolute atomic E-state index is 12.9. The van der Waals surface area contributed by atoms with Crippen molar-refractivity contribution in [3.63, 3.8) is 0 Å². The fourth-order valence-corrected chi connectivity index (χ4v) is 3.62. The molecule has 186 valence electrons. The Morgan fingerprint density at radius 3 is 2.50 bits per heavy atom. The van der Waals surface area contributed by atoms with Gasteiger partial charge in [-0.05, 0) is 48.9 Å². The van der Waals surface area contributed by atoms with Gasteiger partial charge in [0.1, 0.15) is 24.8 Å². The van der Waals surface area contributed by atoms with Crippen molar-refractivity contribution >= 4 is 23.4 Å². The second-order valence-corrected chi connectivity index (χ2v) is 8.03. The molecule has 1 atom stereocenters. The second kappa shape index (κ2) is 11.3. The van der Waals surface area contributed by atoms with E-state index in [1.165, 1.54) is 4.90 Å². The first kappa shape index (κ1) is 24.6. The van der Waals surface area contributed by atoms with Crippen LogP contribution in [0.4, 0.5) is 5.69 Å². The van der Waals surface area contributed by atoms with Gasteiger partial charge in [0.2, 0.25) is 0 Å². The zero-order valence-corrected chi connectivity index (χ0v) is 19.8. The van der Waals surface area contributed by atoms with Crippen LogP contribution in [0.25, 0.3) is 0 Å². The Bertz CT molecular complexity index is 1230. The number of rotatable bonds is 8. The number of carbonyl (C=O) groups excluding carboxylic acids is 2. The molecule has 36 heavy (non-hydrogen) atoms. The lowest BCUT2D eigenvalue weighted by Gasteiger charge is -2.28. The summed E-state index contributed by atoms with van der Waals surface area (Å²) in [6, 6.07) is 21.4. The van der Waals surface area contributed by atoms with Crippen molar-refractivity contribution in [3.05, 3.63) is 83.9 Å². The molecule has 0 aliphatic carbocycles. The van der Waals surface area contributed by atoms with Crippen LogP contribution in [0.15, 0.2) is 72.8 Å². The summed E-state index contributed by atoms with van der Waals surface area (Å²) < 4.78 is 22.6. The molecule has 9 nitrogen and oxygen atoms in total. The van der Waals surface area contributed by atoms with Gasteiger partial charge >= 0.3 is 11.9 Å². The molecule has 3 aromatic carbocycles. The number of amidine groups is 1. The third-order valence-corrected chi connectivity index (χ3v) is 5.44. The lowest BCUT2D eigenvalue weighted by atomic mass is 10.1. The maximum atomic E-state index is 12.9. The molecular formula is C27H27N3O6. The minimum absolute atomic E-state index is 0.00664. The average Bonchev–Trinajstić information content (AvgIpc) is 2.90.